The number of amides is 2. The summed E-state index contributed by atoms with van der Waals surface area (Å²) in [7, 11) is 4.31. The SMILES string of the molecule is COc1nc(-c2cccc(-c3cccc(NC(=O)c4cn(C)c(=O)n(C)c4=O)c3C#N)c2Cl)cc2c1C(NCC1CCC(=O)N1)CC2. The van der Waals surface area contributed by atoms with Gasteiger partial charge in [0, 0.05) is 67.6 Å². The van der Waals surface area contributed by atoms with Crippen molar-refractivity contribution in [1.29, 1.82) is 5.26 Å². The van der Waals surface area contributed by atoms with Crippen LogP contribution in [0.15, 0.2) is 58.3 Å². The smallest absolute Gasteiger partial charge is 0.330 e. The Labute approximate surface area is 275 Å². The number of aryl methyl sites for hydroxylation is 2. The molecule has 12 nitrogen and oxygen atoms in total. The lowest BCUT2D eigenvalue weighted by Crippen LogP contribution is -2.40. The first kappa shape index (κ1) is 31.7. The average molecular weight is 654 g/mol. The third-order valence-electron chi connectivity index (χ3n) is 8.73. The van der Waals surface area contributed by atoms with Crippen LogP contribution in [0.5, 0.6) is 5.88 Å². The Kier molecular flexibility index (Phi) is 8.68. The number of hydrogen-bond acceptors (Lipinski definition) is 8. The Bertz CT molecular complexity index is 2100. The molecule has 1 aliphatic heterocycles. The van der Waals surface area contributed by atoms with Crippen molar-refractivity contribution >= 4 is 29.1 Å². The number of pyridine rings is 1. The van der Waals surface area contributed by atoms with E-state index in [9.17, 15) is 24.4 Å². The number of aromatic nitrogens is 3. The quantitative estimate of drug-likeness (QED) is 0.261. The van der Waals surface area contributed by atoms with Gasteiger partial charge in [-0.05, 0) is 37.0 Å². The number of ether oxygens (including phenoxy) is 1. The van der Waals surface area contributed by atoms with Gasteiger partial charge in [0.1, 0.15) is 11.6 Å². The minimum atomic E-state index is -0.759. The molecule has 0 radical (unpaired) electrons. The lowest BCUT2D eigenvalue weighted by atomic mass is 9.95. The van der Waals surface area contributed by atoms with E-state index in [1.165, 1.54) is 20.3 Å². The monoisotopic (exact) mass is 653 g/mol. The topological polar surface area (TPSA) is 160 Å². The van der Waals surface area contributed by atoms with Crippen molar-refractivity contribution in [3.05, 3.63) is 96.8 Å². The number of hydrogen-bond donors (Lipinski definition) is 3. The molecule has 2 unspecified atom stereocenters. The third kappa shape index (κ3) is 5.91. The van der Waals surface area contributed by atoms with E-state index >= 15 is 0 Å². The number of halogens is 1. The molecule has 2 atom stereocenters. The van der Waals surface area contributed by atoms with Gasteiger partial charge in [-0.2, -0.15) is 5.26 Å². The molecule has 4 aromatic rings. The molecule has 0 bridgehead atoms. The highest BCUT2D eigenvalue weighted by Crippen LogP contribution is 2.43. The molecule has 2 aliphatic rings. The molecule has 0 saturated carbocycles. The second-order valence-electron chi connectivity index (χ2n) is 11.7. The summed E-state index contributed by atoms with van der Waals surface area (Å²) in [5, 5.41) is 19.8. The molecule has 0 spiro atoms. The first-order valence-corrected chi connectivity index (χ1v) is 15.5. The number of benzene rings is 2. The first-order valence-electron chi connectivity index (χ1n) is 15.1. The van der Waals surface area contributed by atoms with E-state index in [-0.39, 0.29) is 34.8 Å². The van der Waals surface area contributed by atoms with Crippen molar-refractivity contribution in [2.45, 2.75) is 37.8 Å². The summed E-state index contributed by atoms with van der Waals surface area (Å²) in [6.07, 6.45) is 4.20. The Morgan fingerprint density at radius 1 is 1.11 bits per heavy atom. The van der Waals surface area contributed by atoms with E-state index in [2.05, 4.69) is 22.0 Å². The van der Waals surface area contributed by atoms with Crippen LogP contribution in [0.3, 0.4) is 0 Å². The van der Waals surface area contributed by atoms with Gasteiger partial charge >= 0.3 is 5.69 Å². The van der Waals surface area contributed by atoms with Crippen molar-refractivity contribution in [1.82, 2.24) is 24.8 Å². The minimum absolute atomic E-state index is 0.0397. The maximum absolute atomic E-state index is 13.2. The van der Waals surface area contributed by atoms with Gasteiger partial charge in [0.05, 0.1) is 29.1 Å². The fraction of sp³-hybridized carbons (Fsp3) is 0.294. The van der Waals surface area contributed by atoms with Crippen molar-refractivity contribution < 1.29 is 14.3 Å². The zero-order valence-electron chi connectivity index (χ0n) is 26.0. The largest absolute Gasteiger partial charge is 0.481 e. The summed E-state index contributed by atoms with van der Waals surface area (Å²) in [6.45, 7) is 0.664. The van der Waals surface area contributed by atoms with E-state index < -0.39 is 17.2 Å². The number of carbonyl (C=O) groups is 2. The van der Waals surface area contributed by atoms with Gasteiger partial charge in [0.2, 0.25) is 11.8 Å². The molecular formula is C34H32ClN7O5. The lowest BCUT2D eigenvalue weighted by molar-refractivity contribution is -0.119. The molecule has 1 saturated heterocycles. The van der Waals surface area contributed by atoms with Crippen molar-refractivity contribution in [3.63, 3.8) is 0 Å². The number of nitrogens with zero attached hydrogens (tertiary/aromatic N) is 4. The number of nitriles is 1. The predicted octanol–water partition coefficient (Wildman–Crippen LogP) is 3.45. The van der Waals surface area contributed by atoms with E-state index in [1.54, 1.807) is 31.4 Å². The summed E-state index contributed by atoms with van der Waals surface area (Å²) < 4.78 is 7.74. The summed E-state index contributed by atoms with van der Waals surface area (Å²) in [4.78, 5) is 54.3. The lowest BCUT2D eigenvalue weighted by Gasteiger charge is -2.20. The zero-order chi connectivity index (χ0) is 33.4. The maximum Gasteiger partial charge on any atom is 0.330 e. The summed E-state index contributed by atoms with van der Waals surface area (Å²) in [6, 6.07) is 14.7. The molecule has 47 heavy (non-hydrogen) atoms. The van der Waals surface area contributed by atoms with Crippen LogP contribution in [-0.4, -0.2) is 45.6 Å². The molecule has 3 N–H and O–H groups in total. The molecule has 13 heteroatoms. The van der Waals surface area contributed by atoms with Gasteiger partial charge in [0.25, 0.3) is 11.5 Å². The number of anilines is 1. The Morgan fingerprint density at radius 3 is 2.57 bits per heavy atom. The van der Waals surface area contributed by atoms with Gasteiger partial charge in [-0.1, -0.05) is 41.9 Å². The third-order valence-corrected chi connectivity index (χ3v) is 9.14. The normalized spacial score (nSPS) is 16.8. The van der Waals surface area contributed by atoms with Gasteiger partial charge < -0.3 is 25.3 Å². The molecule has 2 aromatic carbocycles. The van der Waals surface area contributed by atoms with Crippen LogP contribution in [-0.2, 0) is 25.3 Å². The van der Waals surface area contributed by atoms with Crippen LogP contribution in [0.4, 0.5) is 5.69 Å². The highest BCUT2D eigenvalue weighted by atomic mass is 35.5. The van der Waals surface area contributed by atoms with Crippen molar-refractivity contribution in [3.8, 4) is 34.3 Å². The fourth-order valence-corrected chi connectivity index (χ4v) is 6.64. The molecule has 240 valence electrons. The molecular weight excluding hydrogens is 622 g/mol. The van der Waals surface area contributed by atoms with E-state index in [1.807, 2.05) is 18.2 Å². The van der Waals surface area contributed by atoms with E-state index in [0.717, 1.165) is 39.5 Å². The molecule has 2 amide bonds. The summed E-state index contributed by atoms with van der Waals surface area (Å²) >= 11 is 7.04. The van der Waals surface area contributed by atoms with Gasteiger partial charge in [-0.15, -0.1) is 0 Å². The Morgan fingerprint density at radius 2 is 1.85 bits per heavy atom. The second-order valence-corrected chi connectivity index (χ2v) is 12.0. The minimum Gasteiger partial charge on any atom is -0.481 e. The van der Waals surface area contributed by atoms with Crippen LogP contribution in [0, 0.1) is 11.3 Å². The average Bonchev–Trinajstić information content (AvgIpc) is 3.69. The van der Waals surface area contributed by atoms with E-state index in [4.69, 9.17) is 21.3 Å². The van der Waals surface area contributed by atoms with Crippen LogP contribution in [0.25, 0.3) is 22.4 Å². The zero-order valence-corrected chi connectivity index (χ0v) is 26.8. The van der Waals surface area contributed by atoms with Crippen LogP contribution in [0.1, 0.15) is 52.4 Å². The highest BCUT2D eigenvalue weighted by molar-refractivity contribution is 6.36. The van der Waals surface area contributed by atoms with Crippen LogP contribution < -0.4 is 31.9 Å². The van der Waals surface area contributed by atoms with Crippen LogP contribution in [0.2, 0.25) is 5.02 Å². The number of nitrogens with one attached hydrogen (secondary N) is 3. The first-order chi connectivity index (χ1) is 22.6. The molecule has 2 aromatic heterocycles. The summed E-state index contributed by atoms with van der Waals surface area (Å²) in [5.74, 6) is -0.181. The van der Waals surface area contributed by atoms with Gasteiger partial charge in [-0.25, -0.2) is 9.78 Å². The van der Waals surface area contributed by atoms with Gasteiger partial charge in [0.15, 0.2) is 0 Å². The number of fused-ring (bicyclic) bond motifs is 1. The fourth-order valence-electron chi connectivity index (χ4n) is 6.31. The standard InChI is InChI=1S/C34H32ClN7O5/c1-41-17-24(33(45)42(2)34(41)46)31(44)39-25-9-5-6-20(23(25)15-36)21-7-4-8-22(30(21)35)27-14-18-10-12-26(29(18)32(40-27)47-3)37-16-19-11-13-28(43)38-19/h4-9,14,17,19,26,37H,10-13,16H2,1-3H3,(H,38,43)(H,39,44). The number of rotatable bonds is 8. The highest BCUT2D eigenvalue weighted by Gasteiger charge is 2.30. The van der Waals surface area contributed by atoms with Crippen molar-refractivity contribution in [2.24, 2.45) is 14.1 Å². The Hall–Kier alpha value is -5.25. The number of carbonyl (C=O) groups excluding carboxylic acids is 2. The van der Waals surface area contributed by atoms with Crippen molar-refractivity contribution in [2.75, 3.05) is 19.0 Å². The van der Waals surface area contributed by atoms with Crippen LogP contribution >= 0.6 is 11.6 Å². The molecule has 6 rings (SSSR count). The second kappa shape index (κ2) is 12.9. The van der Waals surface area contributed by atoms with Gasteiger partial charge in [-0.3, -0.25) is 19.0 Å². The van der Waals surface area contributed by atoms with E-state index in [0.29, 0.717) is 46.3 Å². The summed E-state index contributed by atoms with van der Waals surface area (Å²) in [5.41, 5.74) is 3.13. The molecule has 1 aliphatic carbocycles. The molecule has 1 fully saturated rings. The molecule has 3 heterocycles. The Balaban J connectivity index is 1.32. The maximum atomic E-state index is 13.2. The number of methoxy groups -OCH3 is 1. The predicted molar refractivity (Wildman–Crippen MR) is 176 cm³/mol.